The number of likely N-dealkylation sites (N-methyl/N-ethyl adjacent to an activating group) is 1. The van der Waals surface area contributed by atoms with E-state index in [-0.39, 0.29) is 18.4 Å². The number of carbonyl (C=O) groups is 2. The van der Waals surface area contributed by atoms with Crippen LogP contribution in [0, 0.1) is 0 Å². The lowest BCUT2D eigenvalue weighted by Gasteiger charge is -2.25. The molecule has 9 heteroatoms. The summed E-state index contributed by atoms with van der Waals surface area (Å²) in [5, 5.41) is 6.74. The Morgan fingerprint density at radius 2 is 2.00 bits per heavy atom. The number of halogens is 2. The Balaban J connectivity index is 0.00000261. The summed E-state index contributed by atoms with van der Waals surface area (Å²) in [6.07, 6.45) is 0.770. The molecular weight excluding hydrogens is 407 g/mol. The number of amides is 3. The normalized spacial score (nSPS) is 13.4. The molecule has 6 nitrogen and oxygen atoms in total. The van der Waals surface area contributed by atoms with Crippen LogP contribution in [0.25, 0.3) is 0 Å². The molecule has 0 spiro atoms. The highest BCUT2D eigenvalue weighted by Crippen LogP contribution is 2.36. The van der Waals surface area contributed by atoms with E-state index in [0.717, 1.165) is 42.1 Å². The van der Waals surface area contributed by atoms with Gasteiger partial charge in [0.15, 0.2) is 0 Å². The lowest BCUT2D eigenvalue weighted by molar-refractivity contribution is 0.1000. The maximum absolute atomic E-state index is 12.3. The highest BCUT2D eigenvalue weighted by atomic mass is 35.5. The van der Waals surface area contributed by atoms with E-state index in [0.29, 0.717) is 22.1 Å². The number of nitrogens with two attached hydrogens (primary N) is 1. The van der Waals surface area contributed by atoms with Gasteiger partial charge in [0.2, 0.25) is 0 Å². The van der Waals surface area contributed by atoms with Gasteiger partial charge < -0.3 is 11.1 Å². The predicted molar refractivity (Wildman–Crippen MR) is 112 cm³/mol. The predicted octanol–water partition coefficient (Wildman–Crippen LogP) is 3.62. The van der Waals surface area contributed by atoms with Crippen LogP contribution >= 0.6 is 35.3 Å². The fourth-order valence-electron chi connectivity index (χ4n) is 3.01. The second-order valence-corrected chi connectivity index (χ2v) is 7.67. The molecule has 0 saturated heterocycles. The van der Waals surface area contributed by atoms with Crippen molar-refractivity contribution in [3.8, 4) is 0 Å². The van der Waals surface area contributed by atoms with Crippen molar-refractivity contribution in [2.75, 3.05) is 18.4 Å². The van der Waals surface area contributed by atoms with Gasteiger partial charge in [-0.2, -0.15) is 0 Å². The molecule has 0 aliphatic carbocycles. The zero-order valence-corrected chi connectivity index (χ0v) is 17.3. The van der Waals surface area contributed by atoms with Crippen molar-refractivity contribution in [1.29, 1.82) is 0 Å². The summed E-state index contributed by atoms with van der Waals surface area (Å²) >= 11 is 7.28. The Morgan fingerprint density at radius 3 is 2.63 bits per heavy atom. The molecule has 1 aromatic heterocycles. The molecule has 0 radical (unpaired) electrons. The Labute approximate surface area is 173 Å². The van der Waals surface area contributed by atoms with Gasteiger partial charge in [0.25, 0.3) is 5.91 Å². The van der Waals surface area contributed by atoms with E-state index in [2.05, 4.69) is 22.5 Å². The van der Waals surface area contributed by atoms with Gasteiger partial charge in [-0.25, -0.2) is 4.79 Å². The van der Waals surface area contributed by atoms with Crippen LogP contribution in [-0.2, 0) is 19.5 Å². The van der Waals surface area contributed by atoms with Crippen LogP contribution in [0.3, 0.4) is 0 Å². The van der Waals surface area contributed by atoms with Gasteiger partial charge in [-0.05, 0) is 36.2 Å². The smallest absolute Gasteiger partial charge is 0.320 e. The third-order valence-corrected chi connectivity index (χ3v) is 5.81. The molecule has 0 bridgehead atoms. The van der Waals surface area contributed by atoms with E-state index in [1.807, 2.05) is 12.1 Å². The van der Waals surface area contributed by atoms with Gasteiger partial charge in [-0.1, -0.05) is 30.7 Å². The summed E-state index contributed by atoms with van der Waals surface area (Å²) in [6.45, 7) is 5.10. The monoisotopic (exact) mass is 428 g/mol. The average Bonchev–Trinajstić information content (AvgIpc) is 2.98. The number of nitrogens with zero attached hydrogens (tertiary/aromatic N) is 1. The lowest BCUT2D eigenvalue weighted by Crippen LogP contribution is -2.30. The van der Waals surface area contributed by atoms with E-state index in [9.17, 15) is 9.59 Å². The number of nitrogens with one attached hydrogen (secondary N) is 2. The lowest BCUT2D eigenvalue weighted by atomic mass is 10.0. The van der Waals surface area contributed by atoms with E-state index in [4.69, 9.17) is 17.3 Å². The van der Waals surface area contributed by atoms with Crippen molar-refractivity contribution in [2.24, 2.45) is 5.73 Å². The number of hydrogen-bond acceptors (Lipinski definition) is 4. The Morgan fingerprint density at radius 1 is 1.30 bits per heavy atom. The summed E-state index contributed by atoms with van der Waals surface area (Å²) < 4.78 is 0. The molecule has 1 aliphatic rings. The van der Waals surface area contributed by atoms with Gasteiger partial charge >= 0.3 is 6.03 Å². The highest BCUT2D eigenvalue weighted by molar-refractivity contribution is 7.17. The Bertz CT molecular complexity index is 824. The number of anilines is 1. The van der Waals surface area contributed by atoms with Crippen LogP contribution in [0.2, 0.25) is 5.02 Å². The maximum Gasteiger partial charge on any atom is 0.320 e. The van der Waals surface area contributed by atoms with E-state index >= 15 is 0 Å². The topological polar surface area (TPSA) is 87.5 Å². The van der Waals surface area contributed by atoms with E-state index < -0.39 is 5.91 Å². The zero-order valence-electron chi connectivity index (χ0n) is 14.9. The number of urea groups is 1. The van der Waals surface area contributed by atoms with Gasteiger partial charge in [-0.3, -0.25) is 15.0 Å². The molecule has 4 N–H and O–H groups in total. The summed E-state index contributed by atoms with van der Waals surface area (Å²) in [4.78, 5) is 27.6. The molecule has 3 rings (SSSR count). The molecule has 0 atom stereocenters. The van der Waals surface area contributed by atoms with Crippen LogP contribution < -0.4 is 16.4 Å². The van der Waals surface area contributed by atoms with Crippen LogP contribution in [0.4, 0.5) is 9.80 Å². The molecule has 1 aliphatic heterocycles. The zero-order chi connectivity index (χ0) is 18.7. The number of hydrogen-bond donors (Lipinski definition) is 3. The largest absolute Gasteiger partial charge is 0.365 e. The number of primary amides is 1. The first-order valence-electron chi connectivity index (χ1n) is 8.44. The van der Waals surface area contributed by atoms with Crippen molar-refractivity contribution in [2.45, 2.75) is 26.4 Å². The summed E-state index contributed by atoms with van der Waals surface area (Å²) in [5.41, 5.74) is 7.93. The minimum Gasteiger partial charge on any atom is -0.365 e. The van der Waals surface area contributed by atoms with Crippen LogP contribution in [0.5, 0.6) is 0 Å². The number of rotatable bonds is 5. The second-order valence-electron chi connectivity index (χ2n) is 6.13. The van der Waals surface area contributed by atoms with Gasteiger partial charge in [0.05, 0.1) is 5.56 Å². The van der Waals surface area contributed by atoms with Gasteiger partial charge in [0, 0.05) is 29.5 Å². The minimum atomic E-state index is -0.500. The van der Waals surface area contributed by atoms with Crippen LogP contribution in [0.1, 0.15) is 33.3 Å². The standard InChI is InChI=1S/C18H21ClN4O2S.ClH/c1-2-23-8-7-13-14(10-23)26-17(15(13)16(20)24)22-18(25)21-9-11-3-5-12(19)6-4-11;/h3-6H,2,7-10H2,1H3,(H2,20,24)(H2,21,22,25);1H. The first kappa shape index (κ1) is 21.5. The van der Waals surface area contributed by atoms with Crippen molar-refractivity contribution in [3.05, 3.63) is 50.9 Å². The third kappa shape index (κ3) is 5.13. The fraction of sp³-hybridized carbons (Fsp3) is 0.333. The summed E-state index contributed by atoms with van der Waals surface area (Å²) in [6, 6.07) is 6.87. The van der Waals surface area contributed by atoms with Crippen molar-refractivity contribution in [1.82, 2.24) is 10.2 Å². The van der Waals surface area contributed by atoms with Crippen molar-refractivity contribution < 1.29 is 9.59 Å². The molecule has 0 saturated carbocycles. The molecule has 2 aromatic rings. The summed E-state index contributed by atoms with van der Waals surface area (Å²) in [5.74, 6) is -0.500. The summed E-state index contributed by atoms with van der Waals surface area (Å²) in [7, 11) is 0. The molecular formula is C18H22Cl2N4O2S. The van der Waals surface area contributed by atoms with Gasteiger partial charge in [0.1, 0.15) is 5.00 Å². The first-order valence-corrected chi connectivity index (χ1v) is 9.63. The highest BCUT2D eigenvalue weighted by Gasteiger charge is 2.27. The molecule has 0 unspecified atom stereocenters. The molecule has 0 fully saturated rings. The minimum absolute atomic E-state index is 0. The quantitative estimate of drug-likeness (QED) is 0.679. The van der Waals surface area contributed by atoms with E-state index in [1.54, 1.807) is 12.1 Å². The van der Waals surface area contributed by atoms with E-state index in [1.165, 1.54) is 11.3 Å². The second kappa shape index (κ2) is 9.41. The maximum atomic E-state index is 12.3. The molecule has 1 aromatic carbocycles. The Hall–Kier alpha value is -1.80. The van der Waals surface area contributed by atoms with Gasteiger partial charge in [-0.15, -0.1) is 23.7 Å². The first-order chi connectivity index (χ1) is 12.5. The molecule has 2 heterocycles. The molecule has 3 amide bonds. The third-order valence-electron chi connectivity index (χ3n) is 4.42. The SMILES string of the molecule is CCN1CCc2c(sc(NC(=O)NCc3ccc(Cl)cc3)c2C(N)=O)C1.Cl. The molecule has 146 valence electrons. The van der Waals surface area contributed by atoms with Crippen molar-refractivity contribution >= 4 is 52.3 Å². The number of thiophene rings is 1. The van der Waals surface area contributed by atoms with Crippen LogP contribution in [0.15, 0.2) is 24.3 Å². The fourth-order valence-corrected chi connectivity index (χ4v) is 4.42. The number of benzene rings is 1. The Kier molecular flexibility index (Phi) is 7.49. The van der Waals surface area contributed by atoms with Crippen molar-refractivity contribution in [3.63, 3.8) is 0 Å². The average molecular weight is 429 g/mol. The number of carbonyl (C=O) groups excluding carboxylic acids is 2. The molecule has 27 heavy (non-hydrogen) atoms. The van der Waals surface area contributed by atoms with Crippen LogP contribution in [-0.4, -0.2) is 29.9 Å². The number of fused-ring (bicyclic) bond motifs is 1.